The van der Waals surface area contributed by atoms with Gasteiger partial charge in [-0.25, -0.2) is 4.39 Å². The lowest BCUT2D eigenvalue weighted by Gasteiger charge is -2.12. The number of pyridine rings is 1. The molecule has 5 nitrogen and oxygen atoms in total. The lowest BCUT2D eigenvalue weighted by Crippen LogP contribution is -2.10. The van der Waals surface area contributed by atoms with Gasteiger partial charge in [-0.15, -0.1) is 0 Å². The number of carbonyl (C=O) groups is 2. The van der Waals surface area contributed by atoms with Gasteiger partial charge in [-0.2, -0.15) is 0 Å². The quantitative estimate of drug-likeness (QED) is 0.403. The summed E-state index contributed by atoms with van der Waals surface area (Å²) in [6.45, 7) is 0.800. The molecule has 0 spiro atoms. The second-order valence-electron chi connectivity index (χ2n) is 8.15. The molecule has 4 rings (SSSR count). The number of hydrogen-bond donors (Lipinski definition) is 1. The van der Waals surface area contributed by atoms with E-state index in [0.29, 0.717) is 30.2 Å². The van der Waals surface area contributed by atoms with E-state index >= 15 is 0 Å². The topological polar surface area (TPSA) is 82.3 Å². The van der Waals surface area contributed by atoms with E-state index in [1.807, 2.05) is 30.3 Å². The number of ether oxygens (including phenoxy) is 1. The Morgan fingerprint density at radius 3 is 2.66 bits per heavy atom. The minimum atomic E-state index is -0.499. The van der Waals surface area contributed by atoms with Crippen molar-refractivity contribution in [3.63, 3.8) is 0 Å². The summed E-state index contributed by atoms with van der Waals surface area (Å²) in [4.78, 5) is 28.7. The molecule has 0 aliphatic heterocycles. The molecule has 0 amide bonds. The number of rotatable bonds is 9. The van der Waals surface area contributed by atoms with Crippen LogP contribution in [0.5, 0.6) is 0 Å². The fourth-order valence-corrected chi connectivity index (χ4v) is 3.58. The molecule has 2 N–H and O–H groups in total. The van der Waals surface area contributed by atoms with E-state index < -0.39 is 5.82 Å². The van der Waals surface area contributed by atoms with Gasteiger partial charge in [0.25, 0.3) is 0 Å². The van der Waals surface area contributed by atoms with Gasteiger partial charge in [0.1, 0.15) is 5.82 Å². The summed E-state index contributed by atoms with van der Waals surface area (Å²) in [7, 11) is 0. The molecule has 0 radical (unpaired) electrons. The van der Waals surface area contributed by atoms with Crippen LogP contribution in [0.1, 0.15) is 39.9 Å². The van der Waals surface area contributed by atoms with E-state index in [2.05, 4.69) is 4.98 Å². The maximum atomic E-state index is 13.9. The van der Waals surface area contributed by atoms with Gasteiger partial charge < -0.3 is 10.5 Å². The second kappa shape index (κ2) is 9.83. The number of Topliss-reactive ketones (excluding diaryl/α,β-unsaturated/α-hetero) is 1. The largest absolute Gasteiger partial charge is 0.465 e. The Morgan fingerprint density at radius 1 is 1.06 bits per heavy atom. The van der Waals surface area contributed by atoms with Crippen LogP contribution in [0.4, 0.5) is 4.39 Å². The van der Waals surface area contributed by atoms with Gasteiger partial charge in [0.2, 0.25) is 0 Å². The Bertz CT molecular complexity index is 1140. The molecule has 0 bridgehead atoms. The third-order valence-corrected chi connectivity index (χ3v) is 5.62. The smallest absolute Gasteiger partial charge is 0.310 e. The van der Waals surface area contributed by atoms with Crippen molar-refractivity contribution < 1.29 is 18.7 Å². The molecule has 0 atom stereocenters. The monoisotopic (exact) mass is 432 g/mol. The zero-order chi connectivity index (χ0) is 22.5. The standard InChI is InChI=1S/C26H25FN2O3/c27-24-15-29-9-8-20(24)13-25(30)21-6-7-22(14-28)23(12-21)19-3-1-2-18(10-19)11-26(31)32-16-17-4-5-17/h1-3,6-10,12,15,17H,4-5,11,13-14,16,28H2. The van der Waals surface area contributed by atoms with Crippen LogP contribution < -0.4 is 5.73 Å². The Morgan fingerprint density at radius 2 is 1.91 bits per heavy atom. The van der Waals surface area contributed by atoms with Gasteiger partial charge in [-0.3, -0.25) is 14.6 Å². The van der Waals surface area contributed by atoms with Gasteiger partial charge in [0.05, 0.1) is 19.2 Å². The van der Waals surface area contributed by atoms with Crippen molar-refractivity contribution in [2.75, 3.05) is 6.61 Å². The predicted octanol–water partition coefficient (Wildman–Crippen LogP) is 4.27. The highest BCUT2D eigenvalue weighted by Crippen LogP contribution is 2.29. The van der Waals surface area contributed by atoms with Crippen molar-refractivity contribution in [2.45, 2.75) is 32.2 Å². The molecule has 0 unspecified atom stereocenters. The predicted molar refractivity (Wildman–Crippen MR) is 119 cm³/mol. The Balaban J connectivity index is 1.55. The van der Waals surface area contributed by atoms with Crippen molar-refractivity contribution in [2.24, 2.45) is 11.7 Å². The number of nitrogens with zero attached hydrogens (tertiary/aromatic N) is 1. The summed E-state index contributed by atoms with van der Waals surface area (Å²) in [6, 6.07) is 14.4. The summed E-state index contributed by atoms with van der Waals surface area (Å²) in [6.07, 6.45) is 4.98. The average molecular weight is 432 g/mol. The molecule has 1 aliphatic rings. The molecule has 1 heterocycles. The first-order valence-electron chi connectivity index (χ1n) is 10.7. The van der Waals surface area contributed by atoms with E-state index in [4.69, 9.17) is 10.5 Å². The maximum Gasteiger partial charge on any atom is 0.310 e. The first kappa shape index (κ1) is 21.8. The average Bonchev–Trinajstić information content (AvgIpc) is 3.63. The molecule has 0 saturated heterocycles. The van der Waals surface area contributed by atoms with Gasteiger partial charge in [0, 0.05) is 24.7 Å². The van der Waals surface area contributed by atoms with Crippen LogP contribution in [0.3, 0.4) is 0 Å². The molecule has 6 heteroatoms. The number of esters is 1. The van der Waals surface area contributed by atoms with Crippen LogP contribution in [0, 0.1) is 11.7 Å². The number of nitrogens with two attached hydrogens (primary N) is 1. The number of ketones is 1. The Labute approximate surface area is 186 Å². The molecule has 1 aromatic heterocycles. The van der Waals surface area contributed by atoms with E-state index in [0.717, 1.165) is 41.3 Å². The lowest BCUT2D eigenvalue weighted by molar-refractivity contribution is -0.143. The van der Waals surface area contributed by atoms with Gasteiger partial charge in [0.15, 0.2) is 5.78 Å². The SMILES string of the molecule is NCc1ccc(C(=O)Cc2ccncc2F)cc1-c1cccc(CC(=O)OCC2CC2)c1. The van der Waals surface area contributed by atoms with Crippen LogP contribution in [0.2, 0.25) is 0 Å². The molecule has 3 aromatic rings. The van der Waals surface area contributed by atoms with E-state index in [-0.39, 0.29) is 24.6 Å². The highest BCUT2D eigenvalue weighted by Gasteiger charge is 2.23. The Hall–Kier alpha value is -3.38. The summed E-state index contributed by atoms with van der Waals surface area (Å²) in [5, 5.41) is 0. The van der Waals surface area contributed by atoms with Crippen molar-refractivity contribution >= 4 is 11.8 Å². The van der Waals surface area contributed by atoms with Gasteiger partial charge in [-0.05, 0) is 58.7 Å². The number of hydrogen-bond acceptors (Lipinski definition) is 5. The third kappa shape index (κ3) is 5.45. The fraction of sp³-hybridized carbons (Fsp3) is 0.269. The highest BCUT2D eigenvalue weighted by atomic mass is 19.1. The number of halogens is 1. The lowest BCUT2D eigenvalue weighted by atomic mass is 9.93. The number of carbonyl (C=O) groups excluding carboxylic acids is 2. The van der Waals surface area contributed by atoms with E-state index in [1.54, 1.807) is 12.1 Å². The molecule has 1 aliphatic carbocycles. The molecular formula is C26H25FN2O3. The number of benzene rings is 2. The van der Waals surface area contributed by atoms with E-state index in [9.17, 15) is 14.0 Å². The summed E-state index contributed by atoms with van der Waals surface area (Å²) >= 11 is 0. The fourth-order valence-electron chi connectivity index (χ4n) is 3.58. The second-order valence-corrected chi connectivity index (χ2v) is 8.15. The zero-order valence-corrected chi connectivity index (χ0v) is 17.7. The normalized spacial score (nSPS) is 13.1. The van der Waals surface area contributed by atoms with Crippen molar-refractivity contribution in [1.82, 2.24) is 4.98 Å². The summed E-state index contributed by atoms with van der Waals surface area (Å²) < 4.78 is 19.2. The first-order chi connectivity index (χ1) is 15.5. The van der Waals surface area contributed by atoms with Crippen LogP contribution in [-0.2, 0) is 28.9 Å². The minimum absolute atomic E-state index is 0.0529. The van der Waals surface area contributed by atoms with Gasteiger partial charge >= 0.3 is 5.97 Å². The van der Waals surface area contributed by atoms with Crippen LogP contribution in [0.25, 0.3) is 11.1 Å². The van der Waals surface area contributed by atoms with Crippen molar-refractivity contribution in [3.05, 3.63) is 89.0 Å². The molecule has 32 heavy (non-hydrogen) atoms. The van der Waals surface area contributed by atoms with Crippen LogP contribution in [-0.4, -0.2) is 23.3 Å². The third-order valence-electron chi connectivity index (χ3n) is 5.62. The molecular weight excluding hydrogens is 407 g/mol. The zero-order valence-electron chi connectivity index (χ0n) is 17.7. The van der Waals surface area contributed by atoms with Gasteiger partial charge in [-0.1, -0.05) is 36.4 Å². The maximum absolute atomic E-state index is 13.9. The Kier molecular flexibility index (Phi) is 6.71. The molecule has 1 fully saturated rings. The number of aromatic nitrogens is 1. The highest BCUT2D eigenvalue weighted by molar-refractivity contribution is 5.98. The first-order valence-corrected chi connectivity index (χ1v) is 10.7. The van der Waals surface area contributed by atoms with Crippen LogP contribution >= 0.6 is 0 Å². The molecule has 2 aromatic carbocycles. The summed E-state index contributed by atoms with van der Waals surface area (Å²) in [5.74, 6) is -0.407. The van der Waals surface area contributed by atoms with Crippen molar-refractivity contribution in [3.8, 4) is 11.1 Å². The minimum Gasteiger partial charge on any atom is -0.465 e. The molecule has 1 saturated carbocycles. The van der Waals surface area contributed by atoms with E-state index in [1.165, 1.54) is 12.3 Å². The van der Waals surface area contributed by atoms with Crippen molar-refractivity contribution in [1.29, 1.82) is 0 Å². The summed E-state index contributed by atoms with van der Waals surface area (Å²) in [5.41, 5.74) is 10.1. The molecule has 164 valence electrons. The van der Waals surface area contributed by atoms with Crippen LogP contribution in [0.15, 0.2) is 60.9 Å².